The van der Waals surface area contributed by atoms with Crippen LogP contribution in [0.3, 0.4) is 0 Å². The van der Waals surface area contributed by atoms with Gasteiger partial charge in [-0.1, -0.05) is 48.0 Å². The number of hydrogen-bond donors (Lipinski definition) is 1. The van der Waals surface area contributed by atoms with Crippen molar-refractivity contribution in [3.8, 4) is 29.0 Å². The number of nitrogens with two attached hydrogens (primary N) is 1. The molecule has 0 radical (unpaired) electrons. The van der Waals surface area contributed by atoms with Gasteiger partial charge in [0.05, 0.1) is 32.8 Å². The number of hydrogen-bond acceptors (Lipinski definition) is 9. The van der Waals surface area contributed by atoms with E-state index in [-0.39, 0.29) is 72.6 Å². The van der Waals surface area contributed by atoms with Gasteiger partial charge in [0.1, 0.15) is 41.0 Å². The van der Waals surface area contributed by atoms with E-state index in [2.05, 4.69) is 33.0 Å². The molecule has 256 valence electrons. The van der Waals surface area contributed by atoms with Gasteiger partial charge in [-0.05, 0) is 43.0 Å². The topological polar surface area (TPSA) is 101 Å². The van der Waals surface area contributed by atoms with Crippen LogP contribution in [0.4, 0.5) is 24.0 Å². The molecule has 3 aromatic carbocycles. The summed E-state index contributed by atoms with van der Waals surface area (Å²) in [5.74, 6) is -0.511. The molecule has 9 rings (SSSR count). The molecule has 0 amide bonds. The molecule has 2 aromatic heterocycles. The molecule has 0 bridgehead atoms. The molecule has 8 nitrogen and oxygen atoms in total. The molecule has 4 aliphatic rings. The first-order valence-corrected chi connectivity index (χ1v) is 18.1. The van der Waals surface area contributed by atoms with Gasteiger partial charge in [-0.2, -0.15) is 15.2 Å². The fourth-order valence-electron chi connectivity index (χ4n) is 8.75. The summed E-state index contributed by atoms with van der Waals surface area (Å²) in [5, 5.41) is 10.6. The molecule has 4 aliphatic heterocycles. The lowest BCUT2D eigenvalue weighted by molar-refractivity contribution is 0.107. The van der Waals surface area contributed by atoms with Crippen molar-refractivity contribution in [2.45, 2.75) is 55.8 Å². The number of halogens is 4. The number of anilines is 2. The quantitative estimate of drug-likeness (QED) is 0.195. The molecule has 3 fully saturated rings. The summed E-state index contributed by atoms with van der Waals surface area (Å²) in [6, 6.07) is 14.9. The van der Waals surface area contributed by atoms with Gasteiger partial charge in [0.15, 0.2) is 11.6 Å². The van der Waals surface area contributed by atoms with E-state index in [9.17, 15) is 9.65 Å². The maximum absolute atomic E-state index is 17.3. The predicted octanol–water partition coefficient (Wildman–Crippen LogP) is 8.00. The minimum atomic E-state index is -0.941. The van der Waals surface area contributed by atoms with Gasteiger partial charge >= 0.3 is 6.01 Å². The van der Waals surface area contributed by atoms with Crippen molar-refractivity contribution in [1.29, 1.82) is 5.26 Å². The van der Waals surface area contributed by atoms with Gasteiger partial charge in [0.2, 0.25) is 0 Å². The van der Waals surface area contributed by atoms with Crippen molar-refractivity contribution in [3.05, 3.63) is 70.2 Å². The first-order chi connectivity index (χ1) is 24.3. The lowest BCUT2D eigenvalue weighted by atomic mass is 9.95. The number of nitrogens with zero attached hydrogens (tertiary/aromatic N) is 5. The lowest BCUT2D eigenvalue weighted by Gasteiger charge is -2.32. The molecular weight excluding hydrogens is 685 g/mol. The number of aromatic nitrogens is 2. The molecule has 2 unspecified atom stereocenters. The fraction of sp³-hybridized carbons (Fsp3) is 0.378. The van der Waals surface area contributed by atoms with E-state index in [0.29, 0.717) is 43.7 Å². The van der Waals surface area contributed by atoms with Crippen LogP contribution in [0.5, 0.6) is 11.8 Å². The summed E-state index contributed by atoms with van der Waals surface area (Å²) in [4.78, 5) is 13.9. The van der Waals surface area contributed by atoms with Crippen molar-refractivity contribution in [1.82, 2.24) is 14.9 Å². The third-order valence-electron chi connectivity index (χ3n) is 11.0. The van der Waals surface area contributed by atoms with E-state index in [1.54, 1.807) is 0 Å². The fourth-order valence-corrected chi connectivity index (χ4v) is 10.0. The van der Waals surface area contributed by atoms with Crippen molar-refractivity contribution in [2.75, 3.05) is 43.5 Å². The van der Waals surface area contributed by atoms with Gasteiger partial charge in [-0.25, -0.2) is 13.2 Å². The first kappa shape index (κ1) is 31.7. The Hall–Kier alpha value is -4.31. The van der Waals surface area contributed by atoms with E-state index in [1.807, 2.05) is 18.2 Å². The monoisotopic (exact) mass is 716 g/mol. The van der Waals surface area contributed by atoms with Crippen LogP contribution in [0.1, 0.15) is 49.1 Å². The molecule has 2 N–H and O–H groups in total. The summed E-state index contributed by atoms with van der Waals surface area (Å²) >= 11 is 8.04. The molecule has 4 atom stereocenters. The van der Waals surface area contributed by atoms with Crippen LogP contribution in [0.15, 0.2) is 42.5 Å². The zero-order valence-corrected chi connectivity index (χ0v) is 28.5. The third kappa shape index (κ3) is 4.81. The Bertz CT molecular complexity index is 2230. The third-order valence-corrected chi connectivity index (χ3v) is 12.4. The Morgan fingerprint density at radius 2 is 1.98 bits per heavy atom. The van der Waals surface area contributed by atoms with Crippen molar-refractivity contribution in [3.63, 3.8) is 0 Å². The van der Waals surface area contributed by atoms with Gasteiger partial charge in [0.25, 0.3) is 0 Å². The number of benzene rings is 3. The maximum Gasteiger partial charge on any atom is 0.319 e. The van der Waals surface area contributed by atoms with E-state index < -0.39 is 23.3 Å². The minimum absolute atomic E-state index is 0.0293. The molecule has 3 saturated heterocycles. The number of rotatable bonds is 5. The molecule has 6 heterocycles. The highest BCUT2D eigenvalue weighted by molar-refractivity contribution is 7.23. The van der Waals surface area contributed by atoms with Crippen LogP contribution in [0.2, 0.25) is 5.02 Å². The number of nitrogen functional groups attached to an aromatic ring is 1. The highest BCUT2D eigenvalue weighted by Gasteiger charge is 2.49. The lowest BCUT2D eigenvalue weighted by Crippen LogP contribution is -2.43. The van der Waals surface area contributed by atoms with Crippen LogP contribution >= 0.6 is 22.9 Å². The number of fused-ring (bicyclic) bond motifs is 4. The predicted molar refractivity (Wildman–Crippen MR) is 188 cm³/mol. The zero-order chi connectivity index (χ0) is 34.3. The summed E-state index contributed by atoms with van der Waals surface area (Å²) in [6.07, 6.45) is 2.65. The van der Waals surface area contributed by atoms with Crippen molar-refractivity contribution >= 4 is 54.7 Å². The second-order valence-corrected chi connectivity index (χ2v) is 15.2. The summed E-state index contributed by atoms with van der Waals surface area (Å²) < 4.78 is 59.9. The Kier molecular flexibility index (Phi) is 7.53. The smallest absolute Gasteiger partial charge is 0.319 e. The second kappa shape index (κ2) is 11.9. The first-order valence-electron chi connectivity index (χ1n) is 16.9. The Labute approximate surface area is 295 Å². The molecule has 50 heavy (non-hydrogen) atoms. The van der Waals surface area contributed by atoms with Gasteiger partial charge in [-0.15, -0.1) is 11.3 Å². The van der Waals surface area contributed by atoms with Crippen molar-refractivity contribution < 1.29 is 22.6 Å². The zero-order valence-electron chi connectivity index (χ0n) is 26.9. The largest absolute Gasteiger partial charge is 0.491 e. The van der Waals surface area contributed by atoms with Gasteiger partial charge < -0.3 is 20.1 Å². The van der Waals surface area contributed by atoms with Crippen LogP contribution in [0.25, 0.3) is 32.1 Å². The summed E-state index contributed by atoms with van der Waals surface area (Å²) in [5.41, 5.74) is 6.95. The summed E-state index contributed by atoms with van der Waals surface area (Å²) in [6.45, 7) is 2.25. The summed E-state index contributed by atoms with van der Waals surface area (Å²) in [7, 11) is 0. The minimum Gasteiger partial charge on any atom is -0.491 e. The van der Waals surface area contributed by atoms with E-state index in [1.165, 1.54) is 17.7 Å². The standard InChI is InChI=1S/C37H32ClF3N6O2S/c38-29-27(23-7-8-25(40)33-26(23)24(15-42)34(43)50-33)30(41)31-28-32(29)48-12-9-22-13-20(19-5-2-1-3-6-19)16-47(22)35(28)45-36(44-31)49-18-37-10-4-11-46(37)17-21(39)14-37/h1-3,5-8,20-22H,4,9-14,16-18,43H2/t20?,21-,22?,37+/m1/s1. The van der Waals surface area contributed by atoms with E-state index >= 15 is 8.78 Å². The molecule has 0 saturated carbocycles. The second-order valence-electron chi connectivity index (χ2n) is 13.8. The average molecular weight is 717 g/mol. The molecule has 0 aliphatic carbocycles. The Morgan fingerprint density at radius 1 is 1.14 bits per heavy atom. The van der Waals surface area contributed by atoms with Gasteiger partial charge in [-0.3, -0.25) is 4.90 Å². The Balaban J connectivity index is 1.25. The van der Waals surface area contributed by atoms with Crippen LogP contribution < -0.4 is 20.1 Å². The maximum atomic E-state index is 17.3. The number of thiophene rings is 1. The number of alkyl halides is 1. The number of nitriles is 1. The molecule has 0 spiro atoms. The molecule has 5 aromatic rings. The van der Waals surface area contributed by atoms with E-state index in [4.69, 9.17) is 31.8 Å². The molecular formula is C37H32ClF3N6O2S. The SMILES string of the molecule is N#Cc1c(N)sc2c(F)ccc(-c3c(Cl)c4c5c(nc(OC[C@@]67CCCN6C[C@H](F)C7)nc5c3F)N3CC(c5ccccc5)CC3CCO4)c12. The highest BCUT2D eigenvalue weighted by atomic mass is 35.5. The van der Waals surface area contributed by atoms with E-state index in [0.717, 1.165) is 37.1 Å². The molecule has 13 heteroatoms. The normalized spacial score (nSPS) is 24.5. The Morgan fingerprint density at radius 3 is 2.80 bits per heavy atom. The van der Waals surface area contributed by atoms with Crippen molar-refractivity contribution in [2.24, 2.45) is 0 Å². The van der Waals surface area contributed by atoms with Crippen LogP contribution in [0, 0.1) is 23.0 Å². The average Bonchev–Trinajstić information content (AvgIpc) is 3.86. The van der Waals surface area contributed by atoms with Crippen LogP contribution in [-0.4, -0.2) is 65.5 Å². The van der Waals surface area contributed by atoms with Gasteiger partial charge in [0, 0.05) is 48.8 Å². The number of ether oxygens (including phenoxy) is 2. The highest BCUT2D eigenvalue weighted by Crippen LogP contribution is 2.52. The van der Waals surface area contributed by atoms with Crippen LogP contribution in [-0.2, 0) is 0 Å².